The highest BCUT2D eigenvalue weighted by atomic mass is 17.1. The normalized spacial score (nSPS) is 20.0. The summed E-state index contributed by atoms with van der Waals surface area (Å²) in [4.78, 5) is 50.4. The molecule has 0 radical (unpaired) electrons. The number of ketones is 2. The third kappa shape index (κ3) is 4.95. The van der Waals surface area contributed by atoms with Crippen LogP contribution in [-0.2, 0) is 19.3 Å². The Hall–Kier alpha value is -3.59. The van der Waals surface area contributed by atoms with Crippen LogP contribution in [0.2, 0.25) is 0 Å². The van der Waals surface area contributed by atoms with E-state index in [9.17, 15) is 19.6 Å². The van der Waals surface area contributed by atoms with Crippen molar-refractivity contribution in [2.75, 3.05) is 7.11 Å². The van der Waals surface area contributed by atoms with Crippen LogP contribution >= 0.6 is 0 Å². The summed E-state index contributed by atoms with van der Waals surface area (Å²) in [7, 11) is 1.24. The average Bonchev–Trinajstić information content (AvgIpc) is 3.32. The van der Waals surface area contributed by atoms with Crippen molar-refractivity contribution in [3.05, 3.63) is 95.3 Å². The molecule has 1 atom stereocenters. The number of hydrogen-bond acceptors (Lipinski definition) is 8. The fourth-order valence-corrected chi connectivity index (χ4v) is 4.53. The standard InChI is InChI=1S/C27H27NO7/c1-33-22(29)16-15-21-23(24(30)19-11-5-2-6-12-19)26(25(31)20-13-7-3-8-14-20)34-28(21)27(35-32)17-9-4-10-18-27/h2-3,5-8,11-16,21,32H,4,9-10,17-18H2,1H3/b16-15+. The van der Waals surface area contributed by atoms with Crippen molar-refractivity contribution in [3.8, 4) is 0 Å². The van der Waals surface area contributed by atoms with Gasteiger partial charge < -0.3 is 9.57 Å². The lowest BCUT2D eigenvalue weighted by atomic mass is 9.88. The van der Waals surface area contributed by atoms with Gasteiger partial charge in [0.2, 0.25) is 11.5 Å². The van der Waals surface area contributed by atoms with Gasteiger partial charge in [-0.2, -0.15) is 0 Å². The minimum absolute atomic E-state index is 0.0483. The Bertz CT molecular complexity index is 1130. The van der Waals surface area contributed by atoms with Crippen LogP contribution in [0.4, 0.5) is 0 Å². The molecule has 35 heavy (non-hydrogen) atoms. The molecule has 0 spiro atoms. The highest BCUT2D eigenvalue weighted by Crippen LogP contribution is 2.43. The summed E-state index contributed by atoms with van der Waals surface area (Å²) in [6, 6.07) is 16.0. The van der Waals surface area contributed by atoms with Gasteiger partial charge in [-0.25, -0.2) is 14.9 Å². The summed E-state index contributed by atoms with van der Waals surface area (Å²) >= 11 is 0. The van der Waals surface area contributed by atoms with Crippen molar-refractivity contribution in [1.29, 1.82) is 0 Å². The first-order chi connectivity index (χ1) is 17.0. The van der Waals surface area contributed by atoms with Crippen molar-refractivity contribution in [2.24, 2.45) is 0 Å². The van der Waals surface area contributed by atoms with Crippen LogP contribution in [0.5, 0.6) is 0 Å². The number of esters is 1. The number of carbonyl (C=O) groups is 3. The number of ether oxygens (including phenoxy) is 1. The smallest absolute Gasteiger partial charge is 0.330 e. The Morgan fingerprint density at radius 3 is 2.06 bits per heavy atom. The summed E-state index contributed by atoms with van der Waals surface area (Å²) in [6.07, 6.45) is 5.86. The molecule has 2 aliphatic rings. The van der Waals surface area contributed by atoms with Crippen LogP contribution < -0.4 is 0 Å². The monoisotopic (exact) mass is 477 g/mol. The molecule has 1 unspecified atom stereocenters. The molecule has 1 heterocycles. The van der Waals surface area contributed by atoms with Crippen LogP contribution in [0, 0.1) is 0 Å². The predicted molar refractivity (Wildman–Crippen MR) is 126 cm³/mol. The van der Waals surface area contributed by atoms with Crippen LogP contribution in [0.25, 0.3) is 0 Å². The minimum atomic E-state index is -1.30. The fraction of sp³-hybridized carbons (Fsp3) is 0.296. The lowest BCUT2D eigenvalue weighted by Crippen LogP contribution is -2.53. The zero-order chi connectivity index (χ0) is 24.8. The molecule has 1 fully saturated rings. The zero-order valence-electron chi connectivity index (χ0n) is 19.4. The first kappa shape index (κ1) is 24.5. The van der Waals surface area contributed by atoms with Gasteiger partial charge in [0.05, 0.1) is 12.7 Å². The quantitative estimate of drug-likeness (QED) is 0.195. The summed E-state index contributed by atoms with van der Waals surface area (Å²) in [5.74, 6) is -1.74. The highest BCUT2D eigenvalue weighted by molar-refractivity contribution is 6.18. The molecule has 1 N–H and O–H groups in total. The van der Waals surface area contributed by atoms with Crippen molar-refractivity contribution in [3.63, 3.8) is 0 Å². The van der Waals surface area contributed by atoms with Gasteiger partial charge in [0.1, 0.15) is 6.04 Å². The van der Waals surface area contributed by atoms with E-state index in [1.54, 1.807) is 60.7 Å². The molecule has 1 aliphatic heterocycles. The second kappa shape index (κ2) is 10.8. The molecule has 8 nitrogen and oxygen atoms in total. The van der Waals surface area contributed by atoms with Crippen LogP contribution in [-0.4, -0.2) is 46.7 Å². The van der Waals surface area contributed by atoms with E-state index in [0.717, 1.165) is 19.3 Å². The van der Waals surface area contributed by atoms with Crippen molar-refractivity contribution in [1.82, 2.24) is 5.06 Å². The van der Waals surface area contributed by atoms with Crippen LogP contribution in [0.15, 0.2) is 84.1 Å². The molecule has 4 rings (SSSR count). The van der Waals surface area contributed by atoms with E-state index >= 15 is 0 Å². The zero-order valence-corrected chi connectivity index (χ0v) is 19.4. The number of nitrogens with zero attached hydrogens (tertiary/aromatic N) is 1. The first-order valence-electron chi connectivity index (χ1n) is 11.5. The van der Waals surface area contributed by atoms with Gasteiger partial charge in [-0.15, -0.1) is 0 Å². The minimum Gasteiger partial charge on any atom is -0.466 e. The molecule has 1 saturated carbocycles. The van der Waals surface area contributed by atoms with Gasteiger partial charge in [0.25, 0.3) is 0 Å². The molecular formula is C27H27NO7. The molecular weight excluding hydrogens is 450 g/mol. The summed E-state index contributed by atoms with van der Waals surface area (Å²) in [5, 5.41) is 11.3. The van der Waals surface area contributed by atoms with Crippen LogP contribution in [0.1, 0.15) is 52.8 Å². The third-order valence-electron chi connectivity index (χ3n) is 6.33. The highest BCUT2D eigenvalue weighted by Gasteiger charge is 2.52. The molecule has 0 amide bonds. The molecule has 182 valence electrons. The molecule has 0 saturated heterocycles. The number of rotatable bonds is 8. The van der Waals surface area contributed by atoms with Crippen molar-refractivity contribution < 1.29 is 34.1 Å². The van der Waals surface area contributed by atoms with E-state index in [-0.39, 0.29) is 11.3 Å². The lowest BCUT2D eigenvalue weighted by Gasteiger charge is -2.42. The maximum absolute atomic E-state index is 13.8. The Morgan fingerprint density at radius 2 is 1.51 bits per heavy atom. The van der Waals surface area contributed by atoms with Gasteiger partial charge in [-0.05, 0) is 25.7 Å². The average molecular weight is 478 g/mol. The largest absolute Gasteiger partial charge is 0.466 e. The van der Waals surface area contributed by atoms with E-state index in [1.807, 2.05) is 0 Å². The molecule has 0 aromatic heterocycles. The molecule has 0 bridgehead atoms. The number of allylic oxidation sites excluding steroid dienone is 1. The van der Waals surface area contributed by atoms with E-state index in [2.05, 4.69) is 0 Å². The number of benzene rings is 2. The first-order valence-corrected chi connectivity index (χ1v) is 11.5. The van der Waals surface area contributed by atoms with E-state index < -0.39 is 29.3 Å². The van der Waals surface area contributed by atoms with E-state index in [4.69, 9.17) is 14.5 Å². The maximum atomic E-state index is 13.8. The lowest BCUT2D eigenvalue weighted by molar-refractivity contribution is -0.419. The second-order valence-electron chi connectivity index (χ2n) is 8.48. The van der Waals surface area contributed by atoms with Crippen molar-refractivity contribution >= 4 is 17.5 Å². The van der Waals surface area contributed by atoms with Gasteiger partial charge in [0, 0.05) is 17.2 Å². The summed E-state index contributed by atoms with van der Waals surface area (Å²) < 4.78 is 4.73. The Morgan fingerprint density at radius 1 is 0.943 bits per heavy atom. The van der Waals surface area contributed by atoms with Crippen LogP contribution in [0.3, 0.4) is 0 Å². The number of hydrogen-bond donors (Lipinski definition) is 1. The molecule has 8 heteroatoms. The Labute approximate surface area is 203 Å². The third-order valence-corrected chi connectivity index (χ3v) is 6.33. The summed E-state index contributed by atoms with van der Waals surface area (Å²) in [5.41, 5.74) is -0.566. The maximum Gasteiger partial charge on any atom is 0.330 e. The van der Waals surface area contributed by atoms with Gasteiger partial charge in [-0.1, -0.05) is 78.2 Å². The molecule has 1 aliphatic carbocycles. The van der Waals surface area contributed by atoms with E-state index in [1.165, 1.54) is 24.3 Å². The number of carbonyl (C=O) groups excluding carboxylic acids is 3. The number of hydroxylamine groups is 2. The van der Waals surface area contributed by atoms with Crippen molar-refractivity contribution in [2.45, 2.75) is 43.9 Å². The predicted octanol–water partition coefficient (Wildman–Crippen LogP) is 4.50. The van der Waals surface area contributed by atoms with Gasteiger partial charge >= 0.3 is 5.97 Å². The topological polar surface area (TPSA) is 102 Å². The van der Waals surface area contributed by atoms with E-state index in [0.29, 0.717) is 24.0 Å². The summed E-state index contributed by atoms with van der Waals surface area (Å²) in [6.45, 7) is 0. The van der Waals surface area contributed by atoms with Gasteiger partial charge in [0.15, 0.2) is 11.5 Å². The molecule has 2 aromatic rings. The Kier molecular flexibility index (Phi) is 7.55. The second-order valence-corrected chi connectivity index (χ2v) is 8.48. The van der Waals surface area contributed by atoms with Gasteiger partial charge in [-0.3, -0.25) is 9.59 Å². The fourth-order valence-electron chi connectivity index (χ4n) is 4.53. The number of Topliss-reactive ketones (excluding diaryl/α,β-unsaturated/α-hetero) is 2. The molecule has 2 aromatic carbocycles. The Balaban J connectivity index is 1.87. The number of methoxy groups -OCH3 is 1. The SMILES string of the molecule is COC(=O)/C=C/C1C(C(=O)c2ccccc2)=C(C(=O)c2ccccc2)ON1C1(OO)CCCCC1.